The van der Waals surface area contributed by atoms with E-state index < -0.39 is 0 Å². The maximum atomic E-state index is 10.2. The summed E-state index contributed by atoms with van der Waals surface area (Å²) in [5.74, 6) is 1.35. The van der Waals surface area contributed by atoms with Gasteiger partial charge in [-0.2, -0.15) is 0 Å². The smallest absolute Gasteiger partial charge is 0.236 e. The van der Waals surface area contributed by atoms with Gasteiger partial charge in [0.1, 0.15) is 5.75 Å². The van der Waals surface area contributed by atoms with Crippen LogP contribution in [0.4, 0.5) is 0 Å². The number of fused-ring (bicyclic) bond motifs is 1. The average Bonchev–Trinajstić information content (AvgIpc) is 2.82. The van der Waals surface area contributed by atoms with Gasteiger partial charge in [0.15, 0.2) is 5.17 Å². The Hall–Kier alpha value is -1.49. The number of hydrogen-bond acceptors (Lipinski definition) is 4. The van der Waals surface area contributed by atoms with Crippen LogP contribution in [0.15, 0.2) is 18.2 Å². The Morgan fingerprint density at radius 3 is 2.53 bits per heavy atom. The van der Waals surface area contributed by atoms with Gasteiger partial charge in [0, 0.05) is 0 Å². The predicted molar refractivity (Wildman–Crippen MR) is 78.0 cm³/mol. The van der Waals surface area contributed by atoms with Gasteiger partial charge in [0.25, 0.3) is 0 Å². The molecule has 1 saturated heterocycles. The molecule has 2 aliphatic rings. The minimum absolute atomic E-state index is 0.0602. The molecule has 0 aromatic heterocycles. The number of benzene rings is 1. The SMILES string of the molecule is COc1ccc2c(c1)CCCC2.N=C1NC(=O)CS1. The molecule has 1 heterocycles. The number of hydrogen-bond donors (Lipinski definition) is 2. The van der Waals surface area contributed by atoms with Crippen molar-refractivity contribution in [2.75, 3.05) is 12.9 Å². The topological polar surface area (TPSA) is 62.2 Å². The van der Waals surface area contributed by atoms with E-state index in [0.717, 1.165) is 5.75 Å². The van der Waals surface area contributed by atoms with Crippen molar-refractivity contribution in [2.45, 2.75) is 25.7 Å². The highest BCUT2D eigenvalue weighted by molar-refractivity contribution is 8.14. The zero-order chi connectivity index (χ0) is 13.7. The lowest BCUT2D eigenvalue weighted by atomic mass is 9.92. The first-order chi connectivity index (χ1) is 9.19. The fourth-order valence-corrected chi connectivity index (χ4v) is 2.71. The molecule has 102 valence electrons. The molecule has 0 saturated carbocycles. The minimum Gasteiger partial charge on any atom is -0.497 e. The number of amidine groups is 1. The molecule has 0 atom stereocenters. The molecule has 19 heavy (non-hydrogen) atoms. The number of nitrogens with one attached hydrogen (secondary N) is 2. The van der Waals surface area contributed by atoms with Crippen LogP contribution in [0.5, 0.6) is 5.75 Å². The monoisotopic (exact) mass is 278 g/mol. The van der Waals surface area contributed by atoms with Crippen LogP contribution >= 0.6 is 11.8 Å². The minimum atomic E-state index is -0.0602. The van der Waals surface area contributed by atoms with Gasteiger partial charge in [0.05, 0.1) is 12.9 Å². The van der Waals surface area contributed by atoms with Gasteiger partial charge < -0.3 is 10.1 Å². The highest BCUT2D eigenvalue weighted by atomic mass is 32.2. The quantitative estimate of drug-likeness (QED) is 0.829. The third-order valence-corrected chi connectivity index (χ3v) is 3.95. The summed E-state index contributed by atoms with van der Waals surface area (Å²) in [6, 6.07) is 6.44. The number of aryl methyl sites for hydroxylation is 2. The van der Waals surface area contributed by atoms with Crippen molar-refractivity contribution in [3.63, 3.8) is 0 Å². The van der Waals surface area contributed by atoms with E-state index in [0.29, 0.717) is 5.75 Å². The first-order valence-corrected chi connectivity index (χ1v) is 7.34. The van der Waals surface area contributed by atoms with Crippen LogP contribution in [-0.4, -0.2) is 23.9 Å². The number of rotatable bonds is 1. The van der Waals surface area contributed by atoms with Crippen molar-refractivity contribution < 1.29 is 9.53 Å². The van der Waals surface area contributed by atoms with E-state index in [2.05, 4.69) is 23.5 Å². The standard InChI is InChI=1S/C11H14O.C3H4N2OS/c1-12-11-7-6-9-4-2-3-5-10(9)8-11;4-3-5-2(6)1-7-3/h6-8H,2-5H2,1H3;1H2,(H2,4,5,6). The van der Waals surface area contributed by atoms with Crippen LogP contribution in [0.1, 0.15) is 24.0 Å². The average molecular weight is 278 g/mol. The van der Waals surface area contributed by atoms with Gasteiger partial charge in [-0.3, -0.25) is 10.2 Å². The molecule has 1 amide bonds. The van der Waals surface area contributed by atoms with E-state index in [1.54, 1.807) is 7.11 Å². The molecule has 2 N–H and O–H groups in total. The second-order valence-corrected chi connectivity index (χ2v) is 5.49. The molecule has 4 nitrogen and oxygen atoms in total. The molecular weight excluding hydrogens is 260 g/mol. The van der Waals surface area contributed by atoms with Crippen LogP contribution in [0, 0.1) is 5.41 Å². The van der Waals surface area contributed by atoms with Crippen molar-refractivity contribution in [1.82, 2.24) is 5.32 Å². The highest BCUT2D eigenvalue weighted by Crippen LogP contribution is 2.24. The van der Waals surface area contributed by atoms with Gasteiger partial charge in [-0.15, -0.1) is 0 Å². The van der Waals surface area contributed by atoms with E-state index in [-0.39, 0.29) is 11.1 Å². The Morgan fingerprint density at radius 2 is 2.00 bits per heavy atom. The molecule has 5 heteroatoms. The van der Waals surface area contributed by atoms with E-state index in [1.165, 1.54) is 48.6 Å². The number of carbonyl (C=O) groups excluding carboxylic acids is 1. The van der Waals surface area contributed by atoms with Gasteiger partial charge in [-0.05, 0) is 48.9 Å². The lowest BCUT2D eigenvalue weighted by molar-refractivity contribution is -0.116. The zero-order valence-electron chi connectivity index (χ0n) is 11.0. The second kappa shape index (κ2) is 6.61. The lowest BCUT2D eigenvalue weighted by Crippen LogP contribution is -2.18. The summed E-state index contributed by atoms with van der Waals surface area (Å²) >= 11 is 1.23. The Balaban J connectivity index is 0.000000163. The molecule has 0 bridgehead atoms. The summed E-state index contributed by atoms with van der Waals surface area (Å²) in [5.41, 5.74) is 3.00. The summed E-state index contributed by atoms with van der Waals surface area (Å²) in [7, 11) is 1.73. The van der Waals surface area contributed by atoms with Crippen LogP contribution in [0.25, 0.3) is 0 Å². The summed E-state index contributed by atoms with van der Waals surface area (Å²) in [6.07, 6.45) is 5.16. The van der Waals surface area contributed by atoms with Gasteiger partial charge in [-0.25, -0.2) is 0 Å². The summed E-state index contributed by atoms with van der Waals surface area (Å²) in [6.45, 7) is 0. The molecule has 1 aromatic carbocycles. The fraction of sp³-hybridized carbons (Fsp3) is 0.429. The Bertz CT molecular complexity index is 474. The summed E-state index contributed by atoms with van der Waals surface area (Å²) < 4.78 is 5.18. The lowest BCUT2D eigenvalue weighted by Gasteiger charge is -2.15. The van der Waals surface area contributed by atoms with Crippen LogP contribution in [-0.2, 0) is 17.6 Å². The van der Waals surface area contributed by atoms with Crippen LogP contribution < -0.4 is 10.1 Å². The second-order valence-electron chi connectivity index (χ2n) is 4.51. The maximum absolute atomic E-state index is 10.2. The predicted octanol–water partition coefficient (Wildman–Crippen LogP) is 2.36. The van der Waals surface area contributed by atoms with Crippen molar-refractivity contribution in [1.29, 1.82) is 5.41 Å². The number of thioether (sulfide) groups is 1. The van der Waals surface area contributed by atoms with Crippen LogP contribution in [0.3, 0.4) is 0 Å². The molecule has 0 unspecified atom stereocenters. The molecule has 1 aliphatic heterocycles. The fourth-order valence-electron chi connectivity index (χ4n) is 2.17. The number of methoxy groups -OCH3 is 1. The van der Waals surface area contributed by atoms with Crippen LogP contribution in [0.2, 0.25) is 0 Å². The molecule has 1 aliphatic carbocycles. The number of carbonyl (C=O) groups is 1. The first kappa shape index (κ1) is 13.9. The van der Waals surface area contributed by atoms with E-state index >= 15 is 0 Å². The van der Waals surface area contributed by atoms with E-state index in [1.807, 2.05) is 0 Å². The molecular formula is C14H18N2O2S. The van der Waals surface area contributed by atoms with Gasteiger partial charge in [-0.1, -0.05) is 17.8 Å². The molecule has 1 aromatic rings. The zero-order valence-corrected chi connectivity index (χ0v) is 11.8. The largest absolute Gasteiger partial charge is 0.497 e. The van der Waals surface area contributed by atoms with Crippen molar-refractivity contribution in [3.8, 4) is 5.75 Å². The van der Waals surface area contributed by atoms with Gasteiger partial charge >= 0.3 is 0 Å². The number of ether oxygens (including phenoxy) is 1. The molecule has 1 fully saturated rings. The highest BCUT2D eigenvalue weighted by Gasteiger charge is 2.13. The Morgan fingerprint density at radius 1 is 1.26 bits per heavy atom. The first-order valence-electron chi connectivity index (χ1n) is 6.36. The maximum Gasteiger partial charge on any atom is 0.236 e. The summed E-state index contributed by atoms with van der Waals surface area (Å²) in [5, 5.41) is 9.40. The normalized spacial score (nSPS) is 17.1. The van der Waals surface area contributed by atoms with E-state index in [4.69, 9.17) is 10.1 Å². The molecule has 0 radical (unpaired) electrons. The van der Waals surface area contributed by atoms with Crippen molar-refractivity contribution in [2.24, 2.45) is 0 Å². The third-order valence-electron chi connectivity index (χ3n) is 3.16. The van der Waals surface area contributed by atoms with Crippen molar-refractivity contribution in [3.05, 3.63) is 29.3 Å². The van der Waals surface area contributed by atoms with Crippen molar-refractivity contribution >= 4 is 22.8 Å². The van der Waals surface area contributed by atoms with E-state index in [9.17, 15) is 4.79 Å². The van der Waals surface area contributed by atoms with Gasteiger partial charge in [0.2, 0.25) is 5.91 Å². The third kappa shape index (κ3) is 3.99. The number of amides is 1. The Kier molecular flexibility index (Phi) is 4.85. The molecule has 3 rings (SSSR count). The molecule has 0 spiro atoms. The summed E-state index contributed by atoms with van der Waals surface area (Å²) in [4.78, 5) is 10.2. The Labute approximate surface area is 117 Å².